The summed E-state index contributed by atoms with van der Waals surface area (Å²) in [6, 6.07) is 24.8. The van der Waals surface area contributed by atoms with Gasteiger partial charge in [0, 0.05) is 32.3 Å². The van der Waals surface area contributed by atoms with Crippen LogP contribution in [-0.4, -0.2) is 20.3 Å². The maximum absolute atomic E-state index is 7.22. The quantitative estimate of drug-likeness (QED) is 0.327. The van der Waals surface area contributed by atoms with Gasteiger partial charge in [0.05, 0.1) is 0 Å². The minimum atomic E-state index is -0.514. The molecular formula is C24H14BClN6. The van der Waals surface area contributed by atoms with Crippen LogP contribution in [0.4, 0.5) is 23.3 Å². The molecule has 5 heterocycles. The molecule has 3 aromatic carbocycles. The molecule has 8 rings (SSSR count). The molecule has 32 heavy (non-hydrogen) atoms. The van der Waals surface area contributed by atoms with Gasteiger partial charge in [-0.25, -0.2) is 9.98 Å². The van der Waals surface area contributed by atoms with E-state index in [1.54, 1.807) is 0 Å². The molecule has 0 saturated heterocycles. The van der Waals surface area contributed by atoms with Crippen LogP contribution in [0.2, 0.25) is 0 Å². The number of nitrogens with one attached hydrogen (secondary N) is 2. The molecule has 0 radical (unpaired) electrons. The fraction of sp³-hybridized carbons (Fsp3) is 0. The molecule has 0 aliphatic carbocycles. The summed E-state index contributed by atoms with van der Waals surface area (Å²) in [5.41, 5.74) is 1.63. The molecule has 3 aromatic heterocycles. The van der Waals surface area contributed by atoms with Gasteiger partial charge in [-0.15, -0.1) is 11.5 Å². The lowest BCUT2D eigenvalue weighted by Gasteiger charge is -2.20. The molecule has 0 atom stereocenters. The highest BCUT2D eigenvalue weighted by Gasteiger charge is 2.34. The Labute approximate surface area is 186 Å². The number of fused-ring (bicyclic) bond motifs is 11. The highest BCUT2D eigenvalue weighted by Crippen LogP contribution is 2.42. The first-order valence-electron chi connectivity index (χ1n) is 10.5. The SMILES string of the molecule is ClB1n2c3c4ccccc4c2Nc2[nH]c(c4ccccc24)N=c2c4ccccc4c(n21)=N3. The number of H-pyrrole nitrogens is 1. The second-order valence-electron chi connectivity index (χ2n) is 8.20. The molecular weight excluding hydrogens is 419 g/mol. The van der Waals surface area contributed by atoms with E-state index in [4.69, 9.17) is 21.4 Å². The Kier molecular flexibility index (Phi) is 2.94. The standard InChI is InChI=1S/C24H14BClN6/c26-25-31-21-15-9-3-5-11-17(15)23(31)30-24-18-12-6-4-10-16(18)22(32(24)25)29-20-14-8-2-1-7-13(14)19(27-20)28-21/h1-12,27-28H. The van der Waals surface area contributed by atoms with Crippen molar-refractivity contribution >= 4 is 73.4 Å². The van der Waals surface area contributed by atoms with Crippen molar-refractivity contribution in [1.29, 1.82) is 0 Å². The maximum Gasteiger partial charge on any atom is 0.499 e. The van der Waals surface area contributed by atoms with Crippen LogP contribution in [0.25, 0.3) is 32.3 Å². The predicted molar refractivity (Wildman–Crippen MR) is 129 cm³/mol. The summed E-state index contributed by atoms with van der Waals surface area (Å²) in [5.74, 6) is 3.45. The Balaban J connectivity index is 1.70. The van der Waals surface area contributed by atoms with E-state index in [2.05, 4.69) is 51.2 Å². The number of hydrogen-bond donors (Lipinski definition) is 2. The zero-order chi connectivity index (χ0) is 21.0. The maximum atomic E-state index is 7.22. The van der Waals surface area contributed by atoms with E-state index in [0.29, 0.717) is 0 Å². The number of aromatic nitrogens is 3. The summed E-state index contributed by atoms with van der Waals surface area (Å²) in [6.07, 6.45) is -0.514. The molecule has 150 valence electrons. The topological polar surface area (TPSA) is 62.4 Å². The average molecular weight is 433 g/mol. The summed E-state index contributed by atoms with van der Waals surface area (Å²) in [4.78, 5) is 13.8. The van der Waals surface area contributed by atoms with Gasteiger partial charge in [0.15, 0.2) is 0 Å². The van der Waals surface area contributed by atoms with E-state index in [0.717, 1.165) is 66.6 Å². The van der Waals surface area contributed by atoms with Gasteiger partial charge in [-0.05, 0) is 0 Å². The van der Waals surface area contributed by atoms with Gasteiger partial charge in [-0.2, -0.15) is 0 Å². The van der Waals surface area contributed by atoms with Crippen LogP contribution in [0.1, 0.15) is 0 Å². The molecule has 0 fully saturated rings. The van der Waals surface area contributed by atoms with E-state index in [-0.39, 0.29) is 0 Å². The first kappa shape index (κ1) is 16.7. The molecule has 0 saturated carbocycles. The fourth-order valence-corrected chi connectivity index (χ4v) is 5.52. The molecule has 6 nitrogen and oxygen atoms in total. The molecule has 0 unspecified atom stereocenters. The van der Waals surface area contributed by atoms with Gasteiger partial charge >= 0.3 is 6.40 Å². The summed E-state index contributed by atoms with van der Waals surface area (Å²) in [6.45, 7) is 0. The lowest BCUT2D eigenvalue weighted by molar-refractivity contribution is 0.934. The third kappa shape index (κ3) is 1.89. The van der Waals surface area contributed by atoms with E-state index in [1.165, 1.54) is 0 Å². The highest BCUT2D eigenvalue weighted by molar-refractivity contribution is 7.05. The molecule has 4 bridgehead atoms. The Bertz CT molecular complexity index is 1890. The number of aromatic amines is 1. The third-order valence-corrected chi connectivity index (χ3v) is 6.94. The smallest absolute Gasteiger partial charge is 0.328 e. The van der Waals surface area contributed by atoms with Crippen LogP contribution in [0, 0.1) is 0 Å². The first-order chi connectivity index (χ1) is 15.8. The van der Waals surface area contributed by atoms with Crippen LogP contribution in [0.3, 0.4) is 0 Å². The minimum absolute atomic E-state index is 0.514. The van der Waals surface area contributed by atoms with Gasteiger partial charge in [-0.3, -0.25) is 0 Å². The number of benzene rings is 3. The molecule has 2 aliphatic rings. The third-order valence-electron chi connectivity index (χ3n) is 6.55. The normalized spacial score (nSPS) is 13.8. The Morgan fingerprint density at radius 2 is 1.25 bits per heavy atom. The largest absolute Gasteiger partial charge is 0.499 e. The predicted octanol–water partition coefficient (Wildman–Crippen LogP) is 4.97. The number of hydrogen-bond acceptors (Lipinski definition) is 3. The summed E-state index contributed by atoms with van der Waals surface area (Å²) < 4.78 is 4.10. The zero-order valence-corrected chi connectivity index (χ0v) is 17.4. The van der Waals surface area contributed by atoms with Crippen LogP contribution in [0.15, 0.2) is 82.8 Å². The van der Waals surface area contributed by atoms with Crippen molar-refractivity contribution in [1.82, 2.24) is 13.9 Å². The molecule has 6 aromatic rings. The van der Waals surface area contributed by atoms with E-state index in [1.807, 2.05) is 40.9 Å². The van der Waals surface area contributed by atoms with Crippen LogP contribution < -0.4 is 16.3 Å². The monoisotopic (exact) mass is 432 g/mol. The molecule has 0 spiro atoms. The fourth-order valence-electron chi connectivity index (χ4n) is 5.15. The molecule has 2 aliphatic heterocycles. The van der Waals surface area contributed by atoms with Crippen LogP contribution >= 0.6 is 11.5 Å². The number of nitrogens with zero attached hydrogens (tertiary/aromatic N) is 4. The summed E-state index contributed by atoms with van der Waals surface area (Å²) >= 11 is 7.22. The molecule has 0 amide bonds. The van der Waals surface area contributed by atoms with Gasteiger partial charge in [0.25, 0.3) is 0 Å². The Hall–Kier alpha value is -3.97. The van der Waals surface area contributed by atoms with Crippen molar-refractivity contribution in [3.63, 3.8) is 0 Å². The number of halogens is 1. The summed E-state index contributed by atoms with van der Waals surface area (Å²) in [7, 11) is 0. The lowest BCUT2D eigenvalue weighted by Crippen LogP contribution is -2.45. The number of anilines is 2. The minimum Gasteiger partial charge on any atom is -0.328 e. The van der Waals surface area contributed by atoms with Crippen LogP contribution in [0.5, 0.6) is 0 Å². The second kappa shape index (κ2) is 5.63. The van der Waals surface area contributed by atoms with Gasteiger partial charge in [0.2, 0.25) is 0 Å². The van der Waals surface area contributed by atoms with E-state index >= 15 is 0 Å². The molecule has 2 N–H and O–H groups in total. The molecule has 8 heteroatoms. The first-order valence-corrected chi connectivity index (χ1v) is 10.9. The Morgan fingerprint density at radius 1 is 0.656 bits per heavy atom. The highest BCUT2D eigenvalue weighted by atomic mass is 35.5. The lowest BCUT2D eigenvalue weighted by atomic mass is 10.1. The van der Waals surface area contributed by atoms with Crippen molar-refractivity contribution in [3.8, 4) is 0 Å². The van der Waals surface area contributed by atoms with Gasteiger partial charge in [0.1, 0.15) is 34.2 Å². The number of rotatable bonds is 0. The van der Waals surface area contributed by atoms with Crippen molar-refractivity contribution in [3.05, 3.63) is 83.8 Å². The van der Waals surface area contributed by atoms with E-state index in [9.17, 15) is 0 Å². The zero-order valence-electron chi connectivity index (χ0n) is 16.7. The Morgan fingerprint density at radius 3 is 2.00 bits per heavy atom. The van der Waals surface area contributed by atoms with Crippen molar-refractivity contribution in [2.45, 2.75) is 0 Å². The van der Waals surface area contributed by atoms with Gasteiger partial charge < -0.3 is 19.3 Å². The van der Waals surface area contributed by atoms with Crippen molar-refractivity contribution in [2.24, 2.45) is 9.98 Å². The summed E-state index contributed by atoms with van der Waals surface area (Å²) in [5, 5.41) is 9.97. The second-order valence-corrected chi connectivity index (χ2v) is 8.59. The average Bonchev–Trinajstić information content (AvgIpc) is 3.45. The van der Waals surface area contributed by atoms with Crippen molar-refractivity contribution in [2.75, 3.05) is 5.32 Å². The van der Waals surface area contributed by atoms with Crippen molar-refractivity contribution < 1.29 is 0 Å². The van der Waals surface area contributed by atoms with E-state index < -0.39 is 6.40 Å². The van der Waals surface area contributed by atoms with Crippen LogP contribution in [-0.2, 0) is 0 Å². The van der Waals surface area contributed by atoms with Gasteiger partial charge in [-0.1, -0.05) is 72.8 Å².